The van der Waals surface area contributed by atoms with Gasteiger partial charge in [0.1, 0.15) is 5.75 Å². The fourth-order valence-electron chi connectivity index (χ4n) is 2.32. The van der Waals surface area contributed by atoms with Gasteiger partial charge in [0.05, 0.1) is 11.5 Å². The van der Waals surface area contributed by atoms with Crippen LogP contribution in [0.15, 0.2) is 28.1 Å². The zero-order valence-corrected chi connectivity index (χ0v) is 13.6. The highest BCUT2D eigenvalue weighted by Gasteiger charge is 2.22. The Balaban J connectivity index is 1.65. The standard InChI is InChI=1S/C16H19N3O2S/c1-19(2)7-6-17-16-18-15(20)14(22-16)10-11-3-4-13-12(9-11)5-8-21-13/h3-4,9-10H,5-8H2,1-2H3,(H,17,18,20). The van der Waals surface area contributed by atoms with E-state index < -0.39 is 0 Å². The van der Waals surface area contributed by atoms with E-state index in [1.807, 2.05) is 32.3 Å². The van der Waals surface area contributed by atoms with Gasteiger partial charge in [-0.1, -0.05) is 6.07 Å². The number of amidine groups is 1. The van der Waals surface area contributed by atoms with Crippen LogP contribution < -0.4 is 10.1 Å². The molecule has 1 N–H and O–H groups in total. The number of carbonyl (C=O) groups is 1. The molecular formula is C16H19N3O2S. The van der Waals surface area contributed by atoms with Crippen molar-refractivity contribution < 1.29 is 9.53 Å². The molecule has 1 amide bonds. The molecule has 2 aliphatic rings. The van der Waals surface area contributed by atoms with Crippen molar-refractivity contribution >= 4 is 28.9 Å². The van der Waals surface area contributed by atoms with Crippen molar-refractivity contribution in [2.75, 3.05) is 33.8 Å². The number of nitrogens with one attached hydrogen (secondary N) is 1. The predicted octanol–water partition coefficient (Wildman–Crippen LogP) is 1.74. The normalized spacial score (nSPS) is 18.6. The number of ether oxygens (including phenoxy) is 1. The Kier molecular flexibility index (Phi) is 4.49. The van der Waals surface area contributed by atoms with Crippen molar-refractivity contribution in [2.24, 2.45) is 4.99 Å². The molecule has 2 heterocycles. The van der Waals surface area contributed by atoms with E-state index >= 15 is 0 Å². The number of nitrogens with zero attached hydrogens (tertiary/aromatic N) is 2. The van der Waals surface area contributed by atoms with Crippen LogP contribution in [0.5, 0.6) is 5.75 Å². The molecule has 0 atom stereocenters. The highest BCUT2D eigenvalue weighted by molar-refractivity contribution is 8.18. The molecule has 1 aromatic rings. The summed E-state index contributed by atoms with van der Waals surface area (Å²) in [6.45, 7) is 2.42. The predicted molar refractivity (Wildman–Crippen MR) is 90.2 cm³/mol. The lowest BCUT2D eigenvalue weighted by atomic mass is 10.1. The second-order valence-electron chi connectivity index (χ2n) is 5.53. The minimum absolute atomic E-state index is 0.172. The maximum atomic E-state index is 12.0. The molecule has 0 spiro atoms. The number of rotatable bonds is 4. The molecule has 0 radical (unpaired) electrons. The summed E-state index contributed by atoms with van der Waals surface area (Å²) in [5, 5.41) is 3.87. The summed E-state index contributed by atoms with van der Waals surface area (Å²) in [6, 6.07) is 6.03. The number of fused-ring (bicyclic) bond motifs is 1. The molecular weight excluding hydrogens is 298 g/mol. The molecule has 0 saturated carbocycles. The number of hydrogen-bond donors (Lipinski definition) is 1. The lowest BCUT2D eigenvalue weighted by molar-refractivity contribution is -0.113. The first kappa shape index (κ1) is 15.1. The molecule has 0 aromatic heterocycles. The smallest absolute Gasteiger partial charge is 0.286 e. The summed E-state index contributed by atoms with van der Waals surface area (Å²) < 4.78 is 5.50. The van der Waals surface area contributed by atoms with Crippen LogP contribution in [0, 0.1) is 0 Å². The van der Waals surface area contributed by atoms with Gasteiger partial charge >= 0.3 is 0 Å². The van der Waals surface area contributed by atoms with Crippen LogP contribution in [0.3, 0.4) is 0 Å². The van der Waals surface area contributed by atoms with E-state index in [-0.39, 0.29) is 5.91 Å². The first-order chi connectivity index (χ1) is 10.6. The molecule has 22 heavy (non-hydrogen) atoms. The van der Waals surface area contributed by atoms with Gasteiger partial charge in [-0.2, -0.15) is 4.99 Å². The van der Waals surface area contributed by atoms with E-state index in [2.05, 4.69) is 21.3 Å². The fourth-order valence-corrected chi connectivity index (χ4v) is 3.16. The van der Waals surface area contributed by atoms with Gasteiger partial charge in [-0.05, 0) is 55.2 Å². The summed E-state index contributed by atoms with van der Waals surface area (Å²) >= 11 is 1.40. The van der Waals surface area contributed by atoms with Gasteiger partial charge in [-0.3, -0.25) is 4.79 Å². The van der Waals surface area contributed by atoms with Crippen molar-refractivity contribution in [1.29, 1.82) is 0 Å². The molecule has 2 aliphatic heterocycles. The Morgan fingerprint density at radius 3 is 3.14 bits per heavy atom. The highest BCUT2D eigenvalue weighted by atomic mass is 32.2. The summed E-state index contributed by atoms with van der Waals surface area (Å²) in [5.74, 6) is 0.781. The largest absolute Gasteiger partial charge is 0.493 e. The van der Waals surface area contributed by atoms with Gasteiger partial charge < -0.3 is 15.0 Å². The SMILES string of the molecule is CN(C)CCNC1=NC(=O)C(=Cc2ccc3c(c2)CCO3)S1. The minimum atomic E-state index is -0.172. The van der Waals surface area contributed by atoms with Crippen LogP contribution in [0.1, 0.15) is 11.1 Å². The average Bonchev–Trinajstić information content (AvgIpc) is 3.05. The highest BCUT2D eigenvalue weighted by Crippen LogP contribution is 2.30. The van der Waals surface area contributed by atoms with E-state index in [0.717, 1.165) is 37.4 Å². The van der Waals surface area contributed by atoms with Crippen molar-refractivity contribution in [3.05, 3.63) is 34.2 Å². The first-order valence-electron chi connectivity index (χ1n) is 7.29. The number of likely N-dealkylation sites (N-methyl/N-ethyl adjacent to an activating group) is 1. The molecule has 0 bridgehead atoms. The Bertz CT molecular complexity index is 653. The van der Waals surface area contributed by atoms with Crippen LogP contribution in [-0.2, 0) is 11.2 Å². The number of amides is 1. The number of aliphatic imine (C=N–C) groups is 1. The lowest BCUT2D eigenvalue weighted by Gasteiger charge is -2.10. The van der Waals surface area contributed by atoms with E-state index in [9.17, 15) is 4.79 Å². The van der Waals surface area contributed by atoms with E-state index in [1.165, 1.54) is 17.3 Å². The molecule has 0 saturated heterocycles. The molecule has 1 aromatic carbocycles. The summed E-state index contributed by atoms with van der Waals surface area (Å²) in [5.41, 5.74) is 2.22. The summed E-state index contributed by atoms with van der Waals surface area (Å²) in [4.78, 5) is 18.8. The number of thioether (sulfide) groups is 1. The Morgan fingerprint density at radius 1 is 1.45 bits per heavy atom. The van der Waals surface area contributed by atoms with E-state index in [0.29, 0.717) is 10.1 Å². The third kappa shape index (κ3) is 3.51. The minimum Gasteiger partial charge on any atom is -0.493 e. The molecule has 6 heteroatoms. The number of carbonyl (C=O) groups excluding carboxylic acids is 1. The van der Waals surface area contributed by atoms with Crippen molar-refractivity contribution in [3.8, 4) is 5.75 Å². The Labute approximate surface area is 134 Å². The molecule has 3 rings (SSSR count). The summed E-state index contributed by atoms with van der Waals surface area (Å²) in [6.07, 6.45) is 2.83. The maximum Gasteiger partial charge on any atom is 0.286 e. The van der Waals surface area contributed by atoms with E-state index in [1.54, 1.807) is 0 Å². The van der Waals surface area contributed by atoms with Crippen LogP contribution in [-0.4, -0.2) is 49.8 Å². The van der Waals surface area contributed by atoms with Gasteiger partial charge in [-0.25, -0.2) is 0 Å². The van der Waals surface area contributed by atoms with Crippen molar-refractivity contribution in [2.45, 2.75) is 6.42 Å². The van der Waals surface area contributed by atoms with Crippen molar-refractivity contribution in [3.63, 3.8) is 0 Å². The van der Waals surface area contributed by atoms with Gasteiger partial charge in [0.15, 0.2) is 5.17 Å². The van der Waals surface area contributed by atoms with Gasteiger partial charge in [0, 0.05) is 19.5 Å². The van der Waals surface area contributed by atoms with E-state index in [4.69, 9.17) is 4.74 Å². The second kappa shape index (κ2) is 6.54. The molecule has 0 fully saturated rings. The van der Waals surface area contributed by atoms with Gasteiger partial charge in [0.25, 0.3) is 5.91 Å². The number of hydrogen-bond acceptors (Lipinski definition) is 5. The van der Waals surface area contributed by atoms with Crippen molar-refractivity contribution in [1.82, 2.24) is 10.2 Å². The third-order valence-corrected chi connectivity index (χ3v) is 4.41. The van der Waals surface area contributed by atoms with Gasteiger partial charge in [0.2, 0.25) is 0 Å². The fraction of sp³-hybridized carbons (Fsp3) is 0.375. The zero-order valence-electron chi connectivity index (χ0n) is 12.8. The van der Waals surface area contributed by atoms with Crippen LogP contribution in [0.4, 0.5) is 0 Å². The monoisotopic (exact) mass is 317 g/mol. The number of benzene rings is 1. The molecule has 5 nitrogen and oxygen atoms in total. The van der Waals surface area contributed by atoms with Crippen LogP contribution in [0.25, 0.3) is 6.08 Å². The second-order valence-corrected chi connectivity index (χ2v) is 6.56. The first-order valence-corrected chi connectivity index (χ1v) is 8.10. The molecule has 0 aliphatic carbocycles. The molecule has 116 valence electrons. The topological polar surface area (TPSA) is 53.9 Å². The molecule has 0 unspecified atom stereocenters. The zero-order chi connectivity index (χ0) is 15.5. The quantitative estimate of drug-likeness (QED) is 0.857. The van der Waals surface area contributed by atoms with Gasteiger partial charge in [-0.15, -0.1) is 0 Å². The maximum absolute atomic E-state index is 12.0. The Hall–Kier alpha value is -1.79. The van der Waals surface area contributed by atoms with Crippen LogP contribution >= 0.6 is 11.8 Å². The lowest BCUT2D eigenvalue weighted by Crippen LogP contribution is -2.29. The summed E-state index contributed by atoms with van der Waals surface area (Å²) in [7, 11) is 4.03. The third-order valence-electron chi connectivity index (χ3n) is 3.47. The Morgan fingerprint density at radius 2 is 2.32 bits per heavy atom. The average molecular weight is 317 g/mol. The van der Waals surface area contributed by atoms with Crippen LogP contribution in [0.2, 0.25) is 0 Å².